The van der Waals surface area contributed by atoms with Gasteiger partial charge in [0.1, 0.15) is 0 Å². The minimum Gasteiger partial charge on any atom is -0.481 e. The Morgan fingerprint density at radius 3 is 2.33 bits per heavy atom. The van der Waals surface area contributed by atoms with Crippen LogP contribution < -0.4 is 5.32 Å². The number of carbonyl (C=O) groups is 2. The van der Waals surface area contributed by atoms with Crippen molar-refractivity contribution in [2.75, 3.05) is 0 Å². The van der Waals surface area contributed by atoms with Crippen LogP contribution in [0, 0.1) is 0 Å². The lowest BCUT2D eigenvalue weighted by Crippen LogP contribution is -2.38. The van der Waals surface area contributed by atoms with Crippen LogP contribution in [-0.4, -0.2) is 23.0 Å². The Morgan fingerprint density at radius 2 is 1.71 bits per heavy atom. The molecule has 0 fully saturated rings. The van der Waals surface area contributed by atoms with Crippen LogP contribution in [0.15, 0.2) is 48.5 Å². The Hall–Kier alpha value is -2.04. The summed E-state index contributed by atoms with van der Waals surface area (Å²) >= 11 is 11.7. The summed E-state index contributed by atoms with van der Waals surface area (Å²) < 4.78 is 0. The Kier molecular flexibility index (Phi) is 6.64. The zero-order valence-electron chi connectivity index (χ0n) is 12.8. The first-order valence-electron chi connectivity index (χ1n) is 7.42. The number of carbonyl (C=O) groups excluding carboxylic acids is 1. The molecule has 0 bridgehead atoms. The van der Waals surface area contributed by atoms with Gasteiger partial charge in [-0.3, -0.25) is 9.59 Å². The number of nitrogens with one attached hydrogen (secondary N) is 1. The second-order valence-electron chi connectivity index (χ2n) is 5.50. The van der Waals surface area contributed by atoms with E-state index in [0.29, 0.717) is 16.5 Å². The molecule has 2 aromatic carbocycles. The highest BCUT2D eigenvalue weighted by atomic mass is 35.5. The molecule has 0 spiro atoms. The summed E-state index contributed by atoms with van der Waals surface area (Å²) in [6.45, 7) is 0. The van der Waals surface area contributed by atoms with Crippen molar-refractivity contribution in [3.05, 3.63) is 69.7 Å². The van der Waals surface area contributed by atoms with Gasteiger partial charge in [-0.2, -0.15) is 0 Å². The molecule has 0 aliphatic rings. The van der Waals surface area contributed by atoms with Crippen molar-refractivity contribution in [1.82, 2.24) is 5.32 Å². The van der Waals surface area contributed by atoms with Crippen molar-refractivity contribution < 1.29 is 14.7 Å². The van der Waals surface area contributed by atoms with Crippen LogP contribution in [-0.2, 0) is 22.4 Å². The number of carboxylic acids is 1. The van der Waals surface area contributed by atoms with Crippen LogP contribution in [0.3, 0.4) is 0 Å². The van der Waals surface area contributed by atoms with Gasteiger partial charge in [0.25, 0.3) is 0 Å². The molecular formula is C18H17Cl2NO3. The highest BCUT2D eigenvalue weighted by molar-refractivity contribution is 6.30. The molecule has 24 heavy (non-hydrogen) atoms. The largest absolute Gasteiger partial charge is 0.481 e. The molecule has 0 heterocycles. The van der Waals surface area contributed by atoms with E-state index in [1.165, 1.54) is 0 Å². The van der Waals surface area contributed by atoms with E-state index in [1.54, 1.807) is 36.4 Å². The van der Waals surface area contributed by atoms with Crippen molar-refractivity contribution >= 4 is 35.1 Å². The standard InChI is InChI=1S/C18H17Cl2NO3/c19-14-6-4-12(5-7-14)9-16(11-18(23)24)21-17(22)10-13-2-1-3-15(20)8-13/h1-8,16H,9-11H2,(H,21,22)(H,23,24)/t16-/m1/s1. The van der Waals surface area contributed by atoms with Crippen LogP contribution in [0.25, 0.3) is 0 Å². The summed E-state index contributed by atoms with van der Waals surface area (Å²) in [6.07, 6.45) is 0.423. The van der Waals surface area contributed by atoms with E-state index in [2.05, 4.69) is 5.32 Å². The first kappa shape index (κ1) is 18.3. The number of rotatable bonds is 7. The maximum absolute atomic E-state index is 12.2. The first-order chi connectivity index (χ1) is 11.4. The summed E-state index contributed by atoms with van der Waals surface area (Å²) in [6, 6.07) is 13.6. The Morgan fingerprint density at radius 1 is 1.00 bits per heavy atom. The molecule has 2 N–H and O–H groups in total. The monoisotopic (exact) mass is 365 g/mol. The number of halogens is 2. The molecule has 0 saturated heterocycles. The van der Waals surface area contributed by atoms with Crippen LogP contribution in [0.4, 0.5) is 0 Å². The summed E-state index contributed by atoms with van der Waals surface area (Å²) in [5.74, 6) is -1.20. The molecular weight excluding hydrogens is 349 g/mol. The Labute approximate surface area is 150 Å². The molecule has 0 aromatic heterocycles. The van der Waals surface area contributed by atoms with Gasteiger partial charge < -0.3 is 10.4 Å². The number of hydrogen-bond donors (Lipinski definition) is 2. The van der Waals surface area contributed by atoms with Crippen LogP contribution in [0.5, 0.6) is 0 Å². The van der Waals surface area contributed by atoms with Gasteiger partial charge in [-0.05, 0) is 41.8 Å². The lowest BCUT2D eigenvalue weighted by molar-refractivity contribution is -0.137. The third-order valence-electron chi connectivity index (χ3n) is 3.44. The van der Waals surface area contributed by atoms with Crippen LogP contribution >= 0.6 is 23.2 Å². The molecule has 0 radical (unpaired) electrons. The number of benzene rings is 2. The number of amides is 1. The number of carboxylic acid groups (broad SMARTS) is 1. The lowest BCUT2D eigenvalue weighted by atomic mass is 10.0. The molecule has 1 atom stereocenters. The third-order valence-corrected chi connectivity index (χ3v) is 3.92. The quantitative estimate of drug-likeness (QED) is 0.785. The highest BCUT2D eigenvalue weighted by Crippen LogP contribution is 2.13. The van der Waals surface area contributed by atoms with E-state index in [-0.39, 0.29) is 18.7 Å². The van der Waals surface area contributed by atoms with Gasteiger partial charge in [-0.25, -0.2) is 0 Å². The van der Waals surface area contributed by atoms with Gasteiger partial charge in [-0.1, -0.05) is 47.5 Å². The van der Waals surface area contributed by atoms with E-state index in [0.717, 1.165) is 11.1 Å². The fourth-order valence-electron chi connectivity index (χ4n) is 2.40. The fraction of sp³-hybridized carbons (Fsp3) is 0.222. The number of hydrogen-bond acceptors (Lipinski definition) is 2. The van der Waals surface area contributed by atoms with E-state index >= 15 is 0 Å². The summed E-state index contributed by atoms with van der Waals surface area (Å²) in [5, 5.41) is 13.0. The van der Waals surface area contributed by atoms with E-state index in [9.17, 15) is 9.59 Å². The Balaban J connectivity index is 2.00. The highest BCUT2D eigenvalue weighted by Gasteiger charge is 2.17. The molecule has 2 rings (SSSR count). The summed E-state index contributed by atoms with van der Waals surface area (Å²) in [5.41, 5.74) is 1.69. The molecule has 126 valence electrons. The van der Waals surface area contributed by atoms with Crippen LogP contribution in [0.1, 0.15) is 17.5 Å². The van der Waals surface area contributed by atoms with Gasteiger partial charge in [0, 0.05) is 16.1 Å². The molecule has 4 nitrogen and oxygen atoms in total. The van der Waals surface area contributed by atoms with Crippen molar-refractivity contribution in [3.8, 4) is 0 Å². The second kappa shape index (κ2) is 8.71. The van der Waals surface area contributed by atoms with Gasteiger partial charge in [0.2, 0.25) is 5.91 Å². The van der Waals surface area contributed by atoms with E-state index < -0.39 is 12.0 Å². The van der Waals surface area contributed by atoms with E-state index in [1.807, 2.05) is 12.1 Å². The maximum Gasteiger partial charge on any atom is 0.305 e. The molecule has 0 saturated carbocycles. The van der Waals surface area contributed by atoms with Crippen LogP contribution in [0.2, 0.25) is 10.0 Å². The lowest BCUT2D eigenvalue weighted by Gasteiger charge is -2.17. The zero-order valence-corrected chi connectivity index (χ0v) is 14.3. The fourth-order valence-corrected chi connectivity index (χ4v) is 2.74. The predicted octanol–water partition coefficient (Wildman–Crippen LogP) is 3.74. The van der Waals surface area contributed by atoms with E-state index in [4.69, 9.17) is 28.3 Å². The van der Waals surface area contributed by atoms with Gasteiger partial charge >= 0.3 is 5.97 Å². The average molecular weight is 366 g/mol. The van der Waals surface area contributed by atoms with Crippen molar-refractivity contribution in [2.24, 2.45) is 0 Å². The van der Waals surface area contributed by atoms with Crippen molar-refractivity contribution in [2.45, 2.75) is 25.3 Å². The van der Waals surface area contributed by atoms with Crippen molar-refractivity contribution in [3.63, 3.8) is 0 Å². The van der Waals surface area contributed by atoms with Gasteiger partial charge in [0.15, 0.2) is 0 Å². The molecule has 1 amide bonds. The first-order valence-corrected chi connectivity index (χ1v) is 8.18. The normalized spacial score (nSPS) is 11.8. The minimum atomic E-state index is -0.961. The minimum absolute atomic E-state index is 0.149. The molecule has 0 aliphatic carbocycles. The molecule has 6 heteroatoms. The predicted molar refractivity (Wildman–Crippen MR) is 94.5 cm³/mol. The smallest absolute Gasteiger partial charge is 0.305 e. The Bertz CT molecular complexity index is 716. The number of aliphatic carboxylic acids is 1. The van der Waals surface area contributed by atoms with Gasteiger partial charge in [0.05, 0.1) is 12.8 Å². The maximum atomic E-state index is 12.2. The molecule has 2 aromatic rings. The third kappa shape index (κ3) is 6.22. The summed E-state index contributed by atoms with van der Waals surface area (Å²) in [7, 11) is 0. The average Bonchev–Trinajstić information content (AvgIpc) is 2.48. The second-order valence-corrected chi connectivity index (χ2v) is 6.37. The topological polar surface area (TPSA) is 66.4 Å². The zero-order chi connectivity index (χ0) is 17.5. The summed E-state index contributed by atoms with van der Waals surface area (Å²) in [4.78, 5) is 23.2. The van der Waals surface area contributed by atoms with Crippen molar-refractivity contribution in [1.29, 1.82) is 0 Å². The SMILES string of the molecule is O=C(O)C[C@@H](Cc1ccc(Cl)cc1)NC(=O)Cc1cccc(Cl)c1. The molecule has 0 unspecified atom stereocenters. The molecule has 0 aliphatic heterocycles. The van der Waals surface area contributed by atoms with Gasteiger partial charge in [-0.15, -0.1) is 0 Å².